The Labute approximate surface area is 176 Å². The Morgan fingerprint density at radius 1 is 1.00 bits per heavy atom. The second-order valence-corrected chi connectivity index (χ2v) is 9.65. The van der Waals surface area contributed by atoms with E-state index in [9.17, 15) is 17.6 Å². The SMILES string of the molecule is O=C(Cn1ccc2c(Br)cccc21)N1CCN(S(=O)(=O)c2ccc(F)cc2)CC1. The van der Waals surface area contributed by atoms with Gasteiger partial charge in [0.2, 0.25) is 15.9 Å². The quantitative estimate of drug-likeness (QED) is 0.577. The van der Waals surface area contributed by atoms with E-state index in [1.165, 1.54) is 16.4 Å². The van der Waals surface area contributed by atoms with E-state index in [0.29, 0.717) is 13.1 Å². The number of amides is 1. The maximum Gasteiger partial charge on any atom is 0.243 e. The molecule has 152 valence electrons. The number of nitrogens with zero attached hydrogens (tertiary/aromatic N) is 3. The minimum Gasteiger partial charge on any atom is -0.339 e. The standard InChI is InChI=1S/C20H19BrFN3O3S/c21-18-2-1-3-19-17(18)8-9-24(19)14-20(26)23-10-12-25(13-11-23)29(27,28)16-6-4-15(22)5-7-16/h1-9H,10-14H2. The smallest absolute Gasteiger partial charge is 0.243 e. The molecule has 1 fully saturated rings. The molecular formula is C20H19BrFN3O3S. The van der Waals surface area contributed by atoms with Gasteiger partial charge in [-0.05, 0) is 42.5 Å². The van der Waals surface area contributed by atoms with Crippen molar-refractivity contribution < 1.29 is 17.6 Å². The van der Waals surface area contributed by atoms with Gasteiger partial charge in [-0.2, -0.15) is 4.31 Å². The highest BCUT2D eigenvalue weighted by atomic mass is 79.9. The van der Waals surface area contributed by atoms with Crippen molar-refractivity contribution in [1.29, 1.82) is 0 Å². The summed E-state index contributed by atoms with van der Waals surface area (Å²) < 4.78 is 42.7. The molecule has 1 aliphatic heterocycles. The average Bonchev–Trinajstić information content (AvgIpc) is 3.12. The van der Waals surface area contributed by atoms with Gasteiger partial charge in [0.15, 0.2) is 0 Å². The van der Waals surface area contributed by atoms with Crippen LogP contribution in [0.1, 0.15) is 0 Å². The highest BCUT2D eigenvalue weighted by molar-refractivity contribution is 9.10. The van der Waals surface area contributed by atoms with Crippen molar-refractivity contribution in [3.8, 4) is 0 Å². The molecule has 9 heteroatoms. The van der Waals surface area contributed by atoms with Gasteiger partial charge in [-0.1, -0.05) is 22.0 Å². The monoisotopic (exact) mass is 479 g/mol. The molecule has 0 radical (unpaired) electrons. The van der Waals surface area contributed by atoms with E-state index in [-0.39, 0.29) is 30.4 Å². The molecular weight excluding hydrogens is 461 g/mol. The van der Waals surface area contributed by atoms with Gasteiger partial charge in [-0.25, -0.2) is 12.8 Å². The van der Waals surface area contributed by atoms with Crippen LogP contribution in [-0.2, 0) is 21.4 Å². The van der Waals surface area contributed by atoms with E-state index in [2.05, 4.69) is 15.9 Å². The molecule has 2 aromatic carbocycles. The molecule has 0 spiro atoms. The van der Waals surface area contributed by atoms with E-state index >= 15 is 0 Å². The van der Waals surface area contributed by atoms with E-state index < -0.39 is 15.8 Å². The minimum atomic E-state index is -3.69. The molecule has 4 rings (SSSR count). The third-order valence-corrected chi connectivity index (χ3v) is 7.71. The summed E-state index contributed by atoms with van der Waals surface area (Å²) in [5.41, 5.74) is 0.963. The molecule has 1 aliphatic rings. The molecule has 2 heterocycles. The predicted octanol–water partition coefficient (Wildman–Crippen LogP) is 3.08. The molecule has 1 amide bonds. The van der Waals surface area contributed by atoms with Gasteiger partial charge in [0.1, 0.15) is 12.4 Å². The summed E-state index contributed by atoms with van der Waals surface area (Å²) >= 11 is 3.51. The Bertz CT molecular complexity index is 1150. The summed E-state index contributed by atoms with van der Waals surface area (Å²) in [6, 6.07) is 12.6. The summed E-state index contributed by atoms with van der Waals surface area (Å²) in [5, 5.41) is 1.04. The third kappa shape index (κ3) is 3.94. The van der Waals surface area contributed by atoms with Crippen LogP contribution in [-0.4, -0.2) is 54.3 Å². The van der Waals surface area contributed by atoms with Crippen molar-refractivity contribution in [2.45, 2.75) is 11.4 Å². The topological polar surface area (TPSA) is 62.6 Å². The number of fused-ring (bicyclic) bond motifs is 1. The normalized spacial score (nSPS) is 15.7. The first-order chi connectivity index (χ1) is 13.9. The number of benzene rings is 2. The van der Waals surface area contributed by atoms with E-state index in [1.807, 2.05) is 35.0 Å². The zero-order valence-electron chi connectivity index (χ0n) is 15.5. The van der Waals surface area contributed by atoms with Crippen molar-refractivity contribution in [1.82, 2.24) is 13.8 Å². The number of hydrogen-bond donors (Lipinski definition) is 0. The molecule has 0 N–H and O–H groups in total. The number of rotatable bonds is 4. The lowest BCUT2D eigenvalue weighted by atomic mass is 10.2. The highest BCUT2D eigenvalue weighted by Gasteiger charge is 2.30. The fourth-order valence-electron chi connectivity index (χ4n) is 3.50. The van der Waals surface area contributed by atoms with Gasteiger partial charge in [0.05, 0.1) is 4.90 Å². The van der Waals surface area contributed by atoms with Crippen LogP contribution >= 0.6 is 15.9 Å². The Hall–Kier alpha value is -2.23. The predicted molar refractivity (Wildman–Crippen MR) is 111 cm³/mol. The van der Waals surface area contributed by atoms with Gasteiger partial charge < -0.3 is 9.47 Å². The summed E-state index contributed by atoms with van der Waals surface area (Å²) in [6.45, 7) is 1.27. The summed E-state index contributed by atoms with van der Waals surface area (Å²) in [4.78, 5) is 14.5. The lowest BCUT2D eigenvalue weighted by molar-refractivity contribution is -0.132. The van der Waals surface area contributed by atoms with E-state index in [4.69, 9.17) is 0 Å². The van der Waals surface area contributed by atoms with Gasteiger partial charge in [-0.3, -0.25) is 4.79 Å². The van der Waals surface area contributed by atoms with Gasteiger partial charge in [0.25, 0.3) is 0 Å². The van der Waals surface area contributed by atoms with Crippen LogP contribution in [0.4, 0.5) is 4.39 Å². The first-order valence-corrected chi connectivity index (χ1v) is 11.4. The van der Waals surface area contributed by atoms with Crippen molar-refractivity contribution >= 4 is 42.8 Å². The van der Waals surface area contributed by atoms with Crippen LogP contribution in [0.2, 0.25) is 0 Å². The van der Waals surface area contributed by atoms with Gasteiger partial charge in [0, 0.05) is 47.8 Å². The van der Waals surface area contributed by atoms with Gasteiger partial charge in [-0.15, -0.1) is 0 Å². The molecule has 3 aromatic rings. The van der Waals surface area contributed by atoms with E-state index in [0.717, 1.165) is 27.5 Å². The van der Waals surface area contributed by atoms with Crippen LogP contribution in [0.15, 0.2) is 64.1 Å². The molecule has 0 unspecified atom stereocenters. The first-order valence-electron chi connectivity index (χ1n) is 9.13. The number of aromatic nitrogens is 1. The van der Waals surface area contributed by atoms with E-state index in [1.54, 1.807) is 4.90 Å². The number of halogens is 2. The molecule has 6 nitrogen and oxygen atoms in total. The number of carbonyl (C=O) groups is 1. The summed E-state index contributed by atoms with van der Waals surface area (Å²) in [6.07, 6.45) is 1.88. The number of carbonyl (C=O) groups excluding carboxylic acids is 1. The highest BCUT2D eigenvalue weighted by Crippen LogP contribution is 2.25. The third-order valence-electron chi connectivity index (χ3n) is 5.11. The second-order valence-electron chi connectivity index (χ2n) is 6.86. The first kappa shape index (κ1) is 20.1. The Kier molecular flexibility index (Phi) is 5.46. The molecule has 0 aliphatic carbocycles. The molecule has 0 bridgehead atoms. The maximum atomic E-state index is 13.1. The van der Waals surface area contributed by atoms with Crippen LogP contribution in [0, 0.1) is 5.82 Å². The Morgan fingerprint density at radius 2 is 1.69 bits per heavy atom. The minimum absolute atomic E-state index is 0.0543. The van der Waals surface area contributed by atoms with Crippen molar-refractivity contribution in [2.24, 2.45) is 0 Å². The van der Waals surface area contributed by atoms with Crippen LogP contribution in [0.25, 0.3) is 10.9 Å². The fraction of sp³-hybridized carbons (Fsp3) is 0.250. The van der Waals surface area contributed by atoms with Crippen molar-refractivity contribution in [3.63, 3.8) is 0 Å². The zero-order chi connectivity index (χ0) is 20.6. The fourth-order valence-corrected chi connectivity index (χ4v) is 5.41. The largest absolute Gasteiger partial charge is 0.339 e. The maximum absolute atomic E-state index is 13.1. The summed E-state index contributed by atoms with van der Waals surface area (Å²) in [7, 11) is -3.69. The number of hydrogen-bond acceptors (Lipinski definition) is 3. The second kappa shape index (κ2) is 7.89. The van der Waals surface area contributed by atoms with Crippen molar-refractivity contribution in [2.75, 3.05) is 26.2 Å². The van der Waals surface area contributed by atoms with Crippen molar-refractivity contribution in [3.05, 3.63) is 65.0 Å². The lowest BCUT2D eigenvalue weighted by Gasteiger charge is -2.34. The van der Waals surface area contributed by atoms with Gasteiger partial charge >= 0.3 is 0 Å². The Balaban J connectivity index is 1.42. The summed E-state index contributed by atoms with van der Waals surface area (Å²) in [5.74, 6) is -0.537. The zero-order valence-corrected chi connectivity index (χ0v) is 17.9. The average molecular weight is 480 g/mol. The molecule has 0 atom stereocenters. The number of sulfonamides is 1. The molecule has 1 aromatic heterocycles. The van der Waals surface area contributed by atoms with Crippen LogP contribution in [0.5, 0.6) is 0 Å². The molecule has 1 saturated heterocycles. The molecule has 29 heavy (non-hydrogen) atoms. The van der Waals surface area contributed by atoms with Crippen LogP contribution in [0.3, 0.4) is 0 Å². The number of piperazine rings is 1. The Morgan fingerprint density at radius 3 is 2.38 bits per heavy atom. The lowest BCUT2D eigenvalue weighted by Crippen LogP contribution is -2.51. The molecule has 0 saturated carbocycles. The van der Waals surface area contributed by atoms with Crippen LogP contribution < -0.4 is 0 Å².